The maximum atomic E-state index is 13.0. The number of rotatable bonds is 10. The summed E-state index contributed by atoms with van der Waals surface area (Å²) in [6, 6.07) is 0. The number of fused-ring (bicyclic) bond motifs is 1. The molecule has 2 radical (unpaired) electrons. The molecule has 4 atom stereocenters. The summed E-state index contributed by atoms with van der Waals surface area (Å²) in [5.41, 5.74) is 5.25. The number of aryl methyl sites for hydroxylation is 1. The second-order valence-electron chi connectivity index (χ2n) is 6.87. The number of nitrogens with one attached hydrogen (secondary N) is 1. The predicted molar refractivity (Wildman–Crippen MR) is 113 cm³/mol. The van der Waals surface area contributed by atoms with Gasteiger partial charge in [-0.15, -0.1) is 5.10 Å². The SMILES string of the molecule is CCCc1nn(C(=N)N)c2c(=O)n(C3[CH][CH]C(COP(=O)(O)OP(=O)(O)OP(=O)(O)O)O3)nnc12. The molecule has 0 aromatic carbocycles. The maximum Gasteiger partial charge on any atom is 0.490 e. The highest BCUT2D eigenvalue weighted by atomic mass is 31.3. The molecule has 4 unspecified atom stereocenters. The summed E-state index contributed by atoms with van der Waals surface area (Å²) in [5, 5.41) is 19.6. The van der Waals surface area contributed by atoms with Gasteiger partial charge in [-0.25, -0.2) is 13.7 Å². The van der Waals surface area contributed by atoms with Gasteiger partial charge in [0.25, 0.3) is 5.56 Å². The Bertz CT molecular complexity index is 1320. The molecule has 3 rings (SSSR count). The van der Waals surface area contributed by atoms with Crippen molar-refractivity contribution in [2.45, 2.75) is 32.1 Å². The van der Waals surface area contributed by atoms with Crippen LogP contribution in [-0.4, -0.2) is 63.0 Å². The van der Waals surface area contributed by atoms with Crippen LogP contribution in [-0.2, 0) is 38.0 Å². The Kier molecular flexibility index (Phi) is 8.10. The molecule has 7 N–H and O–H groups in total. The molecule has 0 saturated carbocycles. The number of phosphoric ester groups is 1. The second-order valence-corrected chi connectivity index (χ2v) is 11.3. The van der Waals surface area contributed by atoms with Crippen molar-refractivity contribution in [3.8, 4) is 0 Å². The van der Waals surface area contributed by atoms with Crippen molar-refractivity contribution in [2.75, 3.05) is 6.61 Å². The monoisotopic (exact) mass is 559 g/mol. The first-order valence-corrected chi connectivity index (χ1v) is 14.0. The number of nitrogens with zero attached hydrogens (tertiary/aromatic N) is 5. The van der Waals surface area contributed by atoms with Crippen LogP contribution in [0, 0.1) is 18.3 Å². The fourth-order valence-corrected chi connectivity index (χ4v) is 5.96. The van der Waals surface area contributed by atoms with E-state index in [0.29, 0.717) is 18.5 Å². The van der Waals surface area contributed by atoms with E-state index in [1.807, 2.05) is 6.92 Å². The lowest BCUT2D eigenvalue weighted by Crippen LogP contribution is -2.32. The third kappa shape index (κ3) is 6.87. The number of hydrogen-bond acceptors (Lipinski definition) is 12. The van der Waals surface area contributed by atoms with Crippen molar-refractivity contribution in [3.05, 3.63) is 28.9 Å². The van der Waals surface area contributed by atoms with E-state index >= 15 is 0 Å². The summed E-state index contributed by atoms with van der Waals surface area (Å²) in [7, 11) is -16.5. The molecule has 2 aromatic rings. The molecule has 0 spiro atoms. The number of hydrogen-bond donors (Lipinski definition) is 6. The molecule has 2 aromatic heterocycles. The van der Waals surface area contributed by atoms with Crippen molar-refractivity contribution in [3.63, 3.8) is 0 Å². The van der Waals surface area contributed by atoms with Gasteiger partial charge in [0, 0.05) is 12.8 Å². The smallest absolute Gasteiger partial charge is 0.368 e. The summed E-state index contributed by atoms with van der Waals surface area (Å²) >= 11 is 0. The summed E-state index contributed by atoms with van der Waals surface area (Å²) in [6.07, 6.45) is 1.51. The zero-order valence-corrected chi connectivity index (χ0v) is 20.3. The Morgan fingerprint density at radius 1 is 1.20 bits per heavy atom. The molecule has 194 valence electrons. The van der Waals surface area contributed by atoms with Crippen LogP contribution in [0.25, 0.3) is 11.0 Å². The molecule has 1 saturated heterocycles. The first kappa shape index (κ1) is 27.7. The molecular weight excluding hydrogens is 539 g/mol. The minimum Gasteiger partial charge on any atom is -0.368 e. The van der Waals surface area contributed by atoms with Gasteiger partial charge in [-0.2, -0.15) is 23.1 Å². The van der Waals surface area contributed by atoms with Crippen LogP contribution in [0.15, 0.2) is 4.79 Å². The zero-order chi connectivity index (χ0) is 26.2. The highest BCUT2D eigenvalue weighted by Crippen LogP contribution is 2.66. The van der Waals surface area contributed by atoms with E-state index in [1.165, 1.54) is 12.8 Å². The van der Waals surface area contributed by atoms with Crippen molar-refractivity contribution >= 4 is 40.5 Å². The molecule has 0 aliphatic carbocycles. The standard InChI is InChI=1S/C13H20N7O12P3/c1-2-3-8-10-11(20(17-8)13(14)15)12(21)19(18-16-10)9-5-4-7(30-9)6-29-34(25,26)32-35(27,28)31-33(22,23)24/h4-5,7,9H,2-3,6H2,1H3,(H3,14,15)(H,25,26)(H,27,28)(H2,22,23,24). The molecule has 0 bridgehead atoms. The van der Waals surface area contributed by atoms with Gasteiger partial charge in [-0.3, -0.25) is 14.7 Å². The van der Waals surface area contributed by atoms with Gasteiger partial charge in [-0.05, 0) is 6.42 Å². The fraction of sp³-hybridized carbons (Fsp3) is 0.462. The Morgan fingerprint density at radius 3 is 2.49 bits per heavy atom. The predicted octanol–water partition coefficient (Wildman–Crippen LogP) is -0.669. The van der Waals surface area contributed by atoms with Crippen molar-refractivity contribution in [1.82, 2.24) is 24.8 Å². The third-order valence-electron chi connectivity index (χ3n) is 4.16. The number of ether oxygens (including phenoxy) is 1. The number of aromatic nitrogens is 5. The highest BCUT2D eigenvalue weighted by molar-refractivity contribution is 7.66. The minimum atomic E-state index is -5.66. The zero-order valence-electron chi connectivity index (χ0n) is 17.6. The molecule has 1 aliphatic rings. The van der Waals surface area contributed by atoms with E-state index in [4.69, 9.17) is 30.6 Å². The molecule has 1 aliphatic heterocycles. The average molecular weight is 559 g/mol. The molecule has 0 amide bonds. The van der Waals surface area contributed by atoms with E-state index in [1.54, 1.807) is 0 Å². The first-order valence-electron chi connectivity index (χ1n) is 9.46. The van der Waals surface area contributed by atoms with Gasteiger partial charge >= 0.3 is 23.5 Å². The first-order chi connectivity index (χ1) is 16.1. The topological polar surface area (TPSA) is 285 Å². The van der Waals surface area contributed by atoms with E-state index in [9.17, 15) is 23.4 Å². The van der Waals surface area contributed by atoms with Gasteiger partial charge in [0.2, 0.25) is 5.96 Å². The highest BCUT2D eigenvalue weighted by Gasteiger charge is 2.41. The number of phosphoric acid groups is 3. The van der Waals surface area contributed by atoms with Crippen molar-refractivity contribution in [2.24, 2.45) is 5.73 Å². The molecule has 19 nitrogen and oxygen atoms in total. The van der Waals surface area contributed by atoms with E-state index < -0.39 is 53.9 Å². The Labute approximate surface area is 195 Å². The number of nitrogens with two attached hydrogens (primary N) is 1. The van der Waals surface area contributed by atoms with Gasteiger partial charge in [0.05, 0.1) is 18.4 Å². The Morgan fingerprint density at radius 2 is 1.89 bits per heavy atom. The van der Waals surface area contributed by atoms with Crippen LogP contribution in [0.5, 0.6) is 0 Å². The van der Waals surface area contributed by atoms with Gasteiger partial charge in [0.1, 0.15) is 5.52 Å². The van der Waals surface area contributed by atoms with Gasteiger partial charge in [0.15, 0.2) is 11.7 Å². The van der Waals surface area contributed by atoms with E-state index in [-0.39, 0.29) is 11.0 Å². The summed E-state index contributed by atoms with van der Waals surface area (Å²) in [4.78, 5) is 48.8. The maximum absolute atomic E-state index is 13.0. The summed E-state index contributed by atoms with van der Waals surface area (Å²) < 4.78 is 52.8. The van der Waals surface area contributed by atoms with E-state index in [2.05, 4.69) is 28.6 Å². The third-order valence-corrected chi connectivity index (χ3v) is 7.96. The van der Waals surface area contributed by atoms with Gasteiger partial charge in [-0.1, -0.05) is 18.6 Å². The normalized spacial score (nSPS) is 22.2. The lowest BCUT2D eigenvalue weighted by atomic mass is 10.2. The largest absolute Gasteiger partial charge is 0.490 e. The molecule has 3 heterocycles. The van der Waals surface area contributed by atoms with Crippen LogP contribution >= 0.6 is 23.5 Å². The van der Waals surface area contributed by atoms with Crippen molar-refractivity contribution in [1.29, 1.82) is 5.41 Å². The Balaban J connectivity index is 1.72. The lowest BCUT2D eigenvalue weighted by Gasteiger charge is -2.18. The average Bonchev–Trinajstić information content (AvgIpc) is 3.30. The number of nitrogen functional groups attached to an aromatic ring is 1. The quantitative estimate of drug-likeness (QED) is 0.119. The van der Waals surface area contributed by atoms with Crippen LogP contribution in [0.4, 0.5) is 0 Å². The summed E-state index contributed by atoms with van der Waals surface area (Å²) in [5.74, 6) is -0.522. The molecule has 22 heteroatoms. The minimum absolute atomic E-state index is 0.107. The van der Waals surface area contributed by atoms with Crippen LogP contribution in [0.3, 0.4) is 0 Å². The molecular formula is C13H20N7O12P3. The fourth-order valence-electron chi connectivity index (χ4n) is 2.93. The van der Waals surface area contributed by atoms with E-state index in [0.717, 1.165) is 9.36 Å². The van der Waals surface area contributed by atoms with Crippen LogP contribution in [0.1, 0.15) is 25.3 Å². The van der Waals surface area contributed by atoms with Crippen molar-refractivity contribution < 1.29 is 51.2 Å². The van der Waals surface area contributed by atoms with Gasteiger partial charge < -0.3 is 30.0 Å². The van der Waals surface area contributed by atoms with Crippen LogP contribution < -0.4 is 11.3 Å². The Hall–Kier alpha value is -1.88. The second kappa shape index (κ2) is 10.2. The molecule has 35 heavy (non-hydrogen) atoms. The van der Waals surface area contributed by atoms with Crippen LogP contribution in [0.2, 0.25) is 0 Å². The lowest BCUT2D eigenvalue weighted by molar-refractivity contribution is -0.0168. The summed E-state index contributed by atoms with van der Waals surface area (Å²) in [6.45, 7) is 1.13. The molecule has 1 fully saturated rings.